The molecule has 0 bridgehead atoms. The van der Waals surface area contributed by atoms with Gasteiger partial charge >= 0.3 is 0 Å². The molecule has 0 saturated carbocycles. The van der Waals surface area contributed by atoms with Crippen LogP contribution in [0.15, 0.2) is 85.1 Å². The highest BCUT2D eigenvalue weighted by Crippen LogP contribution is 2.23. The summed E-state index contributed by atoms with van der Waals surface area (Å²) in [5.74, 6) is -0.195. The first kappa shape index (κ1) is 60.4. The van der Waals surface area contributed by atoms with E-state index in [2.05, 4.69) is 79.1 Å². The van der Waals surface area contributed by atoms with E-state index in [0.29, 0.717) is 6.42 Å². The summed E-state index contributed by atoms with van der Waals surface area (Å²) in [5.41, 5.74) is 0. The van der Waals surface area contributed by atoms with Crippen molar-refractivity contribution in [1.29, 1.82) is 0 Å². The van der Waals surface area contributed by atoms with Gasteiger partial charge in [0.05, 0.1) is 25.4 Å². The third-order valence-corrected chi connectivity index (χ3v) is 12.0. The van der Waals surface area contributed by atoms with Crippen LogP contribution in [0.25, 0.3) is 0 Å². The number of ether oxygens (including phenoxy) is 2. The van der Waals surface area contributed by atoms with Crippen LogP contribution in [0.3, 0.4) is 0 Å². The second-order valence-corrected chi connectivity index (χ2v) is 17.9. The number of amides is 1. The van der Waals surface area contributed by atoms with Crippen molar-refractivity contribution in [1.82, 2.24) is 5.32 Å². The highest BCUT2D eigenvalue weighted by atomic mass is 16.7. The molecule has 9 heteroatoms. The van der Waals surface area contributed by atoms with Crippen molar-refractivity contribution in [2.75, 3.05) is 13.2 Å². The quantitative estimate of drug-likeness (QED) is 0.0262. The first-order valence-electron chi connectivity index (χ1n) is 26.3. The molecular formula is C56H97NO8. The normalized spacial score (nSPS) is 20.6. The fraction of sp³-hybridized carbons (Fsp3) is 0.732. The van der Waals surface area contributed by atoms with Gasteiger partial charge in [0, 0.05) is 6.42 Å². The summed E-state index contributed by atoms with van der Waals surface area (Å²) in [7, 11) is 0. The van der Waals surface area contributed by atoms with Gasteiger partial charge in [-0.05, 0) is 77.6 Å². The van der Waals surface area contributed by atoms with Gasteiger partial charge < -0.3 is 40.3 Å². The van der Waals surface area contributed by atoms with Crippen molar-refractivity contribution in [3.63, 3.8) is 0 Å². The fourth-order valence-corrected chi connectivity index (χ4v) is 7.89. The van der Waals surface area contributed by atoms with Crippen molar-refractivity contribution in [3.8, 4) is 0 Å². The van der Waals surface area contributed by atoms with E-state index in [0.717, 1.165) is 70.6 Å². The zero-order chi connectivity index (χ0) is 47.3. The van der Waals surface area contributed by atoms with Crippen LogP contribution < -0.4 is 5.32 Å². The summed E-state index contributed by atoms with van der Waals surface area (Å²) in [4.78, 5) is 13.0. The molecule has 1 aliphatic rings. The molecule has 1 fully saturated rings. The van der Waals surface area contributed by atoms with E-state index < -0.39 is 49.5 Å². The molecule has 9 nitrogen and oxygen atoms in total. The second-order valence-electron chi connectivity index (χ2n) is 17.9. The molecule has 0 aromatic heterocycles. The lowest BCUT2D eigenvalue weighted by Gasteiger charge is -2.40. The van der Waals surface area contributed by atoms with Gasteiger partial charge in [-0.1, -0.05) is 208 Å². The van der Waals surface area contributed by atoms with Gasteiger partial charge in [0.15, 0.2) is 6.29 Å². The molecule has 374 valence electrons. The number of hydrogen-bond donors (Lipinski definition) is 6. The SMILES string of the molecule is C/C=C/CC/C=C/CC/C=C/C(O)C(COC1OC(CO)C(O)C(O)C1O)NC(=O)CCCCCCCCCCCCCCCCCCCCCC/C=C\C/C=C\C/C=C\C/C=C\CC. The van der Waals surface area contributed by atoms with E-state index >= 15 is 0 Å². The molecule has 1 heterocycles. The van der Waals surface area contributed by atoms with Gasteiger partial charge in [0.2, 0.25) is 5.91 Å². The first-order valence-corrected chi connectivity index (χ1v) is 26.3. The van der Waals surface area contributed by atoms with Crippen LogP contribution in [0, 0.1) is 0 Å². The smallest absolute Gasteiger partial charge is 0.220 e. The molecule has 0 aromatic carbocycles. The van der Waals surface area contributed by atoms with Crippen molar-refractivity contribution >= 4 is 5.91 Å². The minimum atomic E-state index is -1.57. The van der Waals surface area contributed by atoms with Crippen LogP contribution in [0.1, 0.15) is 206 Å². The lowest BCUT2D eigenvalue weighted by molar-refractivity contribution is -0.302. The third kappa shape index (κ3) is 35.2. The number of aliphatic hydroxyl groups is 5. The number of hydrogen-bond acceptors (Lipinski definition) is 8. The predicted molar refractivity (Wildman–Crippen MR) is 271 cm³/mol. The largest absolute Gasteiger partial charge is 0.394 e. The van der Waals surface area contributed by atoms with Crippen molar-refractivity contribution in [2.24, 2.45) is 0 Å². The number of carbonyl (C=O) groups is 1. The van der Waals surface area contributed by atoms with Crippen molar-refractivity contribution in [2.45, 2.75) is 249 Å². The van der Waals surface area contributed by atoms with Gasteiger partial charge in [-0.3, -0.25) is 4.79 Å². The van der Waals surface area contributed by atoms with Crippen LogP contribution in [-0.4, -0.2) is 87.5 Å². The van der Waals surface area contributed by atoms with Crippen LogP contribution >= 0.6 is 0 Å². The number of nitrogens with one attached hydrogen (secondary N) is 1. The number of allylic oxidation sites excluding steroid dienone is 13. The minimum Gasteiger partial charge on any atom is -0.394 e. The molecule has 0 aliphatic carbocycles. The van der Waals surface area contributed by atoms with Gasteiger partial charge in [-0.25, -0.2) is 0 Å². The van der Waals surface area contributed by atoms with Crippen molar-refractivity contribution < 1.29 is 39.8 Å². The second kappa shape index (κ2) is 45.2. The highest BCUT2D eigenvalue weighted by molar-refractivity contribution is 5.76. The molecule has 0 aromatic rings. The molecule has 7 atom stereocenters. The molecule has 7 unspecified atom stereocenters. The van der Waals surface area contributed by atoms with E-state index in [4.69, 9.17) is 9.47 Å². The lowest BCUT2D eigenvalue weighted by atomic mass is 9.99. The molecule has 0 radical (unpaired) electrons. The molecule has 6 N–H and O–H groups in total. The average Bonchev–Trinajstić information content (AvgIpc) is 3.31. The molecule has 0 spiro atoms. The maximum atomic E-state index is 13.0. The van der Waals surface area contributed by atoms with E-state index in [1.807, 2.05) is 19.1 Å². The first-order chi connectivity index (χ1) is 31.8. The van der Waals surface area contributed by atoms with Gasteiger partial charge in [0.1, 0.15) is 24.4 Å². The van der Waals surface area contributed by atoms with E-state index in [9.17, 15) is 30.3 Å². The maximum Gasteiger partial charge on any atom is 0.220 e. The Labute approximate surface area is 397 Å². The fourth-order valence-electron chi connectivity index (χ4n) is 7.89. The topological polar surface area (TPSA) is 149 Å². The van der Waals surface area contributed by atoms with E-state index in [1.54, 1.807) is 6.08 Å². The lowest BCUT2D eigenvalue weighted by Crippen LogP contribution is -2.60. The molecule has 1 amide bonds. The number of aliphatic hydroxyl groups excluding tert-OH is 5. The van der Waals surface area contributed by atoms with Crippen molar-refractivity contribution in [3.05, 3.63) is 85.1 Å². The average molecular weight is 912 g/mol. The zero-order valence-corrected chi connectivity index (χ0v) is 41.2. The Bertz CT molecular complexity index is 1290. The number of unbranched alkanes of at least 4 members (excludes halogenated alkanes) is 22. The Morgan fingerprint density at radius 2 is 0.985 bits per heavy atom. The van der Waals surface area contributed by atoms with Crippen LogP contribution in [0.2, 0.25) is 0 Å². The van der Waals surface area contributed by atoms with Gasteiger partial charge in [-0.15, -0.1) is 0 Å². The highest BCUT2D eigenvalue weighted by Gasteiger charge is 2.44. The molecule has 1 aliphatic heterocycles. The maximum absolute atomic E-state index is 13.0. The summed E-state index contributed by atoms with van der Waals surface area (Å²) in [6.45, 7) is 3.40. The predicted octanol–water partition coefficient (Wildman–Crippen LogP) is 12.3. The van der Waals surface area contributed by atoms with Crippen LogP contribution in [0.4, 0.5) is 0 Å². The summed E-state index contributed by atoms with van der Waals surface area (Å²) in [6.07, 6.45) is 56.9. The standard InChI is InChI=1S/C56H97NO8/c1-3-5-7-9-11-13-14-15-16-17-18-19-20-21-22-23-24-25-26-27-28-29-30-31-32-33-34-35-36-38-40-42-44-46-52(60)57-49(50(59)45-43-41-39-37-12-10-8-6-4-2)48-64-56-55(63)54(62)53(61)51(47-58)65-56/h4-7,11-13,15-16,18-19,37,43,45,49-51,53-56,58-59,61-63H,3,8-10,14,17,20-36,38-42,44,46-48H2,1-2H3,(H,57,60)/b6-4+,7-5-,13-11-,16-15-,19-18-,37-12+,45-43+. The van der Waals surface area contributed by atoms with Crippen LogP contribution in [0.5, 0.6) is 0 Å². The van der Waals surface area contributed by atoms with E-state index in [1.165, 1.54) is 116 Å². The molecule has 1 rings (SSSR count). The monoisotopic (exact) mass is 912 g/mol. The molecular weight excluding hydrogens is 815 g/mol. The van der Waals surface area contributed by atoms with Gasteiger partial charge in [-0.2, -0.15) is 0 Å². The number of rotatable bonds is 43. The zero-order valence-electron chi connectivity index (χ0n) is 41.2. The summed E-state index contributed by atoms with van der Waals surface area (Å²) >= 11 is 0. The van der Waals surface area contributed by atoms with Crippen LogP contribution in [-0.2, 0) is 14.3 Å². The Morgan fingerprint density at radius 3 is 1.48 bits per heavy atom. The molecule has 65 heavy (non-hydrogen) atoms. The Balaban J connectivity index is 2.09. The summed E-state index contributed by atoms with van der Waals surface area (Å²) < 4.78 is 11.2. The minimum absolute atomic E-state index is 0.195. The number of carbonyl (C=O) groups excluding carboxylic acids is 1. The summed E-state index contributed by atoms with van der Waals surface area (Å²) in [5, 5.41) is 54.1. The molecule has 1 saturated heterocycles. The summed E-state index contributed by atoms with van der Waals surface area (Å²) in [6, 6.07) is -0.828. The Kier molecular flexibility index (Phi) is 42.0. The Hall–Kier alpha value is -2.63. The third-order valence-electron chi connectivity index (χ3n) is 12.0. The van der Waals surface area contributed by atoms with E-state index in [-0.39, 0.29) is 12.5 Å². The Morgan fingerprint density at radius 1 is 0.554 bits per heavy atom. The van der Waals surface area contributed by atoms with Gasteiger partial charge in [0.25, 0.3) is 0 Å².